The van der Waals surface area contributed by atoms with Crippen molar-refractivity contribution in [3.05, 3.63) is 53.2 Å². The zero-order chi connectivity index (χ0) is 28.9. The molecule has 0 unspecified atom stereocenters. The van der Waals surface area contributed by atoms with Crippen molar-refractivity contribution in [1.29, 1.82) is 5.26 Å². The molecule has 0 amide bonds. The van der Waals surface area contributed by atoms with Crippen molar-refractivity contribution in [2.75, 3.05) is 62.7 Å². The van der Waals surface area contributed by atoms with Gasteiger partial charge in [-0.1, -0.05) is 30.3 Å². The Hall–Kier alpha value is -3.41. The lowest BCUT2D eigenvalue weighted by Gasteiger charge is -2.39. The summed E-state index contributed by atoms with van der Waals surface area (Å²) in [6.45, 7) is 15.9. The van der Waals surface area contributed by atoms with E-state index in [0.717, 1.165) is 63.7 Å². The van der Waals surface area contributed by atoms with Crippen molar-refractivity contribution in [3.63, 3.8) is 0 Å². The zero-order valence-corrected chi connectivity index (χ0v) is 25.4. The minimum Gasteiger partial charge on any atom is -0.462 e. The van der Waals surface area contributed by atoms with Crippen LogP contribution >= 0.6 is 0 Å². The van der Waals surface area contributed by atoms with Gasteiger partial charge in [0.2, 0.25) is 0 Å². The van der Waals surface area contributed by atoms with Crippen LogP contribution < -0.4 is 14.5 Å². The van der Waals surface area contributed by atoms with Crippen LogP contribution in [0.2, 0.25) is 0 Å². The number of benzene rings is 2. The number of nitriles is 1. The lowest BCUT2D eigenvalue weighted by atomic mass is 9.99. The van der Waals surface area contributed by atoms with Gasteiger partial charge in [-0.05, 0) is 70.6 Å². The van der Waals surface area contributed by atoms with Crippen molar-refractivity contribution >= 4 is 22.3 Å². The molecule has 2 fully saturated rings. The molecule has 1 aromatic heterocycles. The van der Waals surface area contributed by atoms with E-state index in [1.165, 1.54) is 47.4 Å². The van der Waals surface area contributed by atoms with Crippen molar-refractivity contribution in [1.82, 2.24) is 19.8 Å². The molecule has 4 heterocycles. The molecule has 8 heteroatoms. The van der Waals surface area contributed by atoms with Gasteiger partial charge in [0, 0.05) is 68.4 Å². The maximum Gasteiger partial charge on any atom is 0.318 e. The van der Waals surface area contributed by atoms with Crippen molar-refractivity contribution in [2.24, 2.45) is 0 Å². The van der Waals surface area contributed by atoms with Gasteiger partial charge < -0.3 is 19.4 Å². The van der Waals surface area contributed by atoms with Crippen LogP contribution in [0.15, 0.2) is 36.4 Å². The molecule has 2 saturated heterocycles. The first-order valence-corrected chi connectivity index (χ1v) is 15.2. The van der Waals surface area contributed by atoms with Crippen LogP contribution in [-0.4, -0.2) is 84.8 Å². The average molecular weight is 556 g/mol. The van der Waals surface area contributed by atoms with Gasteiger partial charge in [-0.15, -0.1) is 0 Å². The molecular formula is C33H45N7O. The number of likely N-dealkylation sites (tertiary alicyclic amines) is 1. The maximum atomic E-state index is 7.32. The third-order valence-electron chi connectivity index (χ3n) is 8.87. The standard InChI is InChI=1S/C31H42N6O.C2H3N/c1-22(2)35-16-18-36(19-17-35)30-26-13-15-37(28-12-6-10-24-9-5-8-23(3)29(24)28)20-27(26)32-31(33-30)38-21-25-11-7-14-34(25)4;1-2-3/h5-6,8-10,12,22,25H,7,11,13-21H2,1-4H3;1H3/t25-;/m1./s1. The summed E-state index contributed by atoms with van der Waals surface area (Å²) in [7, 11) is 2.19. The SMILES string of the molecule is CC#N.Cc1cccc2cccc(N3CCc4c(nc(OC[C@H]5CCCN5C)nc4N4CCN(C(C)C)CC4)C3)c12. The van der Waals surface area contributed by atoms with E-state index in [9.17, 15) is 0 Å². The first kappa shape index (κ1) is 29.1. The first-order chi connectivity index (χ1) is 19.9. The summed E-state index contributed by atoms with van der Waals surface area (Å²) in [4.78, 5) is 20.0. The molecule has 0 N–H and O–H groups in total. The summed E-state index contributed by atoms with van der Waals surface area (Å²) in [5, 5.41) is 9.96. The van der Waals surface area contributed by atoms with E-state index in [2.05, 4.69) is 83.8 Å². The number of nitrogens with zero attached hydrogens (tertiary/aromatic N) is 7. The fourth-order valence-corrected chi connectivity index (χ4v) is 6.50. The summed E-state index contributed by atoms with van der Waals surface area (Å²) < 4.78 is 6.33. The normalized spacial score (nSPS) is 19.6. The summed E-state index contributed by atoms with van der Waals surface area (Å²) in [5.41, 5.74) is 5.04. The highest BCUT2D eigenvalue weighted by Gasteiger charge is 2.29. The second-order valence-corrected chi connectivity index (χ2v) is 11.8. The predicted molar refractivity (Wildman–Crippen MR) is 167 cm³/mol. The zero-order valence-electron chi connectivity index (χ0n) is 25.4. The van der Waals surface area contributed by atoms with Gasteiger partial charge in [-0.2, -0.15) is 15.2 Å². The monoisotopic (exact) mass is 555 g/mol. The summed E-state index contributed by atoms with van der Waals surface area (Å²) in [6, 6.07) is 16.6. The molecule has 0 radical (unpaired) electrons. The van der Waals surface area contributed by atoms with Gasteiger partial charge in [0.25, 0.3) is 0 Å². The molecule has 218 valence electrons. The minimum absolute atomic E-state index is 0.447. The largest absolute Gasteiger partial charge is 0.462 e. The Morgan fingerprint density at radius 2 is 1.73 bits per heavy atom. The number of anilines is 2. The lowest BCUT2D eigenvalue weighted by Crippen LogP contribution is -2.49. The molecule has 0 saturated carbocycles. The van der Waals surface area contributed by atoms with Crippen LogP contribution in [0.5, 0.6) is 6.01 Å². The second kappa shape index (κ2) is 13.1. The van der Waals surface area contributed by atoms with Crippen LogP contribution in [0.25, 0.3) is 10.8 Å². The fraction of sp³-hybridized carbons (Fsp3) is 0.545. The quantitative estimate of drug-likeness (QED) is 0.419. The van der Waals surface area contributed by atoms with Crippen molar-refractivity contribution in [3.8, 4) is 12.1 Å². The summed E-state index contributed by atoms with van der Waals surface area (Å²) in [5.74, 6) is 1.10. The molecule has 6 rings (SSSR count). The van der Waals surface area contributed by atoms with Crippen LogP contribution in [-0.2, 0) is 13.0 Å². The lowest BCUT2D eigenvalue weighted by molar-refractivity contribution is 0.186. The van der Waals surface area contributed by atoms with Gasteiger partial charge in [-0.3, -0.25) is 4.90 Å². The molecule has 0 bridgehead atoms. The van der Waals surface area contributed by atoms with Crippen LogP contribution in [0.1, 0.15) is 50.4 Å². The third kappa shape index (κ3) is 6.42. The van der Waals surface area contributed by atoms with E-state index in [0.29, 0.717) is 24.7 Å². The molecule has 0 spiro atoms. The molecule has 2 aromatic carbocycles. The topological polar surface area (TPSA) is 71.8 Å². The van der Waals surface area contributed by atoms with E-state index >= 15 is 0 Å². The van der Waals surface area contributed by atoms with Crippen molar-refractivity contribution < 1.29 is 4.74 Å². The van der Waals surface area contributed by atoms with E-state index in [4.69, 9.17) is 20.0 Å². The van der Waals surface area contributed by atoms with E-state index in [1.807, 2.05) is 0 Å². The molecule has 3 aliphatic heterocycles. The summed E-state index contributed by atoms with van der Waals surface area (Å²) in [6.07, 6.45) is 3.36. The molecule has 3 aliphatic rings. The minimum atomic E-state index is 0.447. The molecule has 1 atom stereocenters. The number of aryl methyl sites for hydroxylation is 1. The van der Waals surface area contributed by atoms with Gasteiger partial charge >= 0.3 is 6.01 Å². The van der Waals surface area contributed by atoms with Crippen LogP contribution in [0, 0.1) is 18.3 Å². The molecule has 3 aromatic rings. The summed E-state index contributed by atoms with van der Waals surface area (Å²) >= 11 is 0. The smallest absolute Gasteiger partial charge is 0.318 e. The Bertz CT molecular complexity index is 1370. The number of likely N-dealkylation sites (N-methyl/N-ethyl adjacent to an activating group) is 1. The second-order valence-electron chi connectivity index (χ2n) is 11.8. The van der Waals surface area contributed by atoms with Crippen molar-refractivity contribution in [2.45, 2.75) is 65.6 Å². The Labute approximate surface area is 245 Å². The number of ether oxygens (including phenoxy) is 1. The first-order valence-electron chi connectivity index (χ1n) is 15.2. The average Bonchev–Trinajstić information content (AvgIpc) is 3.40. The Balaban J connectivity index is 0.00000108. The highest BCUT2D eigenvalue weighted by molar-refractivity contribution is 5.97. The third-order valence-corrected chi connectivity index (χ3v) is 8.87. The van der Waals surface area contributed by atoms with Crippen LogP contribution in [0.4, 0.5) is 11.5 Å². The van der Waals surface area contributed by atoms with Gasteiger partial charge in [-0.25, -0.2) is 0 Å². The van der Waals surface area contributed by atoms with E-state index in [-0.39, 0.29) is 0 Å². The predicted octanol–water partition coefficient (Wildman–Crippen LogP) is 5.03. The number of piperazine rings is 1. The maximum absolute atomic E-state index is 7.32. The number of hydrogen-bond donors (Lipinski definition) is 0. The number of fused-ring (bicyclic) bond motifs is 2. The highest BCUT2D eigenvalue weighted by Crippen LogP contribution is 2.35. The number of aromatic nitrogens is 2. The van der Waals surface area contributed by atoms with Crippen LogP contribution in [0.3, 0.4) is 0 Å². The molecular weight excluding hydrogens is 510 g/mol. The molecule has 41 heavy (non-hydrogen) atoms. The number of hydrogen-bond acceptors (Lipinski definition) is 8. The number of rotatable bonds is 6. The Morgan fingerprint density at radius 3 is 2.41 bits per heavy atom. The van der Waals surface area contributed by atoms with Gasteiger partial charge in [0.1, 0.15) is 12.4 Å². The Morgan fingerprint density at radius 1 is 1.00 bits per heavy atom. The molecule has 0 aliphatic carbocycles. The van der Waals surface area contributed by atoms with Gasteiger partial charge in [0.05, 0.1) is 18.3 Å². The highest BCUT2D eigenvalue weighted by atomic mass is 16.5. The van der Waals surface area contributed by atoms with Gasteiger partial charge in [0.15, 0.2) is 0 Å². The Kier molecular flexibility index (Phi) is 9.26. The fourth-order valence-electron chi connectivity index (χ4n) is 6.50. The van der Waals surface area contributed by atoms with E-state index in [1.54, 1.807) is 6.07 Å². The molecule has 8 nitrogen and oxygen atoms in total. The van der Waals surface area contributed by atoms with E-state index < -0.39 is 0 Å².